The molecular formula is C15H13N. The molecule has 78 valence electrons. The van der Waals surface area contributed by atoms with Gasteiger partial charge in [-0.15, -0.1) is 0 Å². The number of benzene rings is 1. The molecule has 1 aromatic carbocycles. The third-order valence-corrected chi connectivity index (χ3v) is 2.36. The number of rotatable bonds is 3. The minimum absolute atomic E-state index is 1.12. The molecule has 0 N–H and O–H groups in total. The number of hydrogen-bond acceptors (Lipinski definition) is 1. The van der Waals surface area contributed by atoms with Gasteiger partial charge in [0.15, 0.2) is 0 Å². The van der Waals surface area contributed by atoms with Crippen molar-refractivity contribution in [2.24, 2.45) is 0 Å². The maximum atomic E-state index is 4.00. The summed E-state index contributed by atoms with van der Waals surface area (Å²) >= 11 is 0. The van der Waals surface area contributed by atoms with Crippen molar-refractivity contribution in [1.82, 2.24) is 4.98 Å². The smallest absolute Gasteiger partial charge is 0.0273 e. The molecule has 0 amide bonds. The second kappa shape index (κ2) is 5.08. The zero-order valence-electron chi connectivity index (χ0n) is 9.01. The van der Waals surface area contributed by atoms with Crippen molar-refractivity contribution in [3.8, 4) is 0 Å². The van der Waals surface area contributed by atoms with Gasteiger partial charge in [-0.25, -0.2) is 0 Å². The SMILES string of the molecule is C=CC(=Cc1ccncc1)c1ccccc1. The van der Waals surface area contributed by atoms with Crippen LogP contribution >= 0.6 is 0 Å². The molecule has 2 rings (SSSR count). The maximum absolute atomic E-state index is 4.00. The first-order valence-electron chi connectivity index (χ1n) is 5.20. The van der Waals surface area contributed by atoms with Crippen molar-refractivity contribution in [2.75, 3.05) is 0 Å². The van der Waals surface area contributed by atoms with Crippen LogP contribution < -0.4 is 0 Å². The van der Waals surface area contributed by atoms with Crippen LogP contribution in [0.2, 0.25) is 0 Å². The number of nitrogens with zero attached hydrogens (tertiary/aromatic N) is 1. The van der Waals surface area contributed by atoms with Gasteiger partial charge in [0.25, 0.3) is 0 Å². The minimum Gasteiger partial charge on any atom is -0.265 e. The monoisotopic (exact) mass is 207 g/mol. The zero-order chi connectivity index (χ0) is 11.2. The Hall–Kier alpha value is -2.15. The molecule has 0 unspecified atom stereocenters. The van der Waals surface area contributed by atoms with E-state index in [2.05, 4.69) is 29.8 Å². The highest BCUT2D eigenvalue weighted by Crippen LogP contribution is 2.18. The average Bonchev–Trinajstić information content (AvgIpc) is 2.38. The van der Waals surface area contributed by atoms with E-state index < -0.39 is 0 Å². The summed E-state index contributed by atoms with van der Waals surface area (Å²) in [6, 6.07) is 14.2. The lowest BCUT2D eigenvalue weighted by molar-refractivity contribution is 1.32. The number of hydrogen-bond donors (Lipinski definition) is 0. The molecule has 0 atom stereocenters. The van der Waals surface area contributed by atoms with Gasteiger partial charge in [0.05, 0.1) is 0 Å². The van der Waals surface area contributed by atoms with Gasteiger partial charge in [0.1, 0.15) is 0 Å². The molecule has 0 bridgehead atoms. The topological polar surface area (TPSA) is 12.9 Å². The van der Waals surface area contributed by atoms with E-state index in [1.54, 1.807) is 12.4 Å². The summed E-state index contributed by atoms with van der Waals surface area (Å²) in [5.74, 6) is 0. The Morgan fingerprint density at radius 2 is 1.69 bits per heavy atom. The van der Waals surface area contributed by atoms with E-state index in [1.807, 2.05) is 36.4 Å². The van der Waals surface area contributed by atoms with Gasteiger partial charge in [0.2, 0.25) is 0 Å². The Morgan fingerprint density at radius 1 is 1.00 bits per heavy atom. The molecule has 0 fully saturated rings. The lowest BCUT2D eigenvalue weighted by Crippen LogP contribution is -1.80. The van der Waals surface area contributed by atoms with Crippen LogP contribution in [-0.4, -0.2) is 4.98 Å². The molecule has 0 spiro atoms. The van der Waals surface area contributed by atoms with Crippen LogP contribution in [0.5, 0.6) is 0 Å². The first-order chi connectivity index (χ1) is 7.90. The average molecular weight is 207 g/mol. The second-order valence-electron chi connectivity index (χ2n) is 3.45. The molecule has 1 aromatic heterocycles. The fourth-order valence-electron chi connectivity index (χ4n) is 1.53. The normalized spacial score (nSPS) is 11.1. The van der Waals surface area contributed by atoms with Gasteiger partial charge in [-0.05, 0) is 34.9 Å². The lowest BCUT2D eigenvalue weighted by atomic mass is 10.0. The van der Waals surface area contributed by atoms with E-state index >= 15 is 0 Å². The molecule has 1 nitrogen and oxygen atoms in total. The first-order valence-corrected chi connectivity index (χ1v) is 5.20. The fraction of sp³-hybridized carbons (Fsp3) is 0. The molecule has 0 aliphatic heterocycles. The van der Waals surface area contributed by atoms with Crippen molar-refractivity contribution in [3.05, 3.63) is 78.6 Å². The Kier molecular flexibility index (Phi) is 3.29. The molecule has 0 aliphatic carbocycles. The van der Waals surface area contributed by atoms with Crippen LogP contribution in [-0.2, 0) is 0 Å². The third kappa shape index (κ3) is 2.45. The van der Waals surface area contributed by atoms with Crippen LogP contribution in [0.4, 0.5) is 0 Å². The molecule has 0 radical (unpaired) electrons. The molecule has 2 aromatic rings. The maximum Gasteiger partial charge on any atom is 0.0273 e. The Bertz CT molecular complexity index is 483. The quantitative estimate of drug-likeness (QED) is 0.697. The van der Waals surface area contributed by atoms with Crippen molar-refractivity contribution >= 4 is 11.6 Å². The van der Waals surface area contributed by atoms with Gasteiger partial charge in [-0.2, -0.15) is 0 Å². The number of aromatic nitrogens is 1. The van der Waals surface area contributed by atoms with E-state index in [-0.39, 0.29) is 0 Å². The van der Waals surface area contributed by atoms with Crippen LogP contribution in [0, 0.1) is 0 Å². The molecule has 1 heteroatoms. The summed E-state index contributed by atoms with van der Waals surface area (Å²) in [5, 5.41) is 0. The van der Waals surface area contributed by atoms with Crippen molar-refractivity contribution < 1.29 is 0 Å². The first kappa shape index (κ1) is 10.4. The van der Waals surface area contributed by atoms with Crippen LogP contribution in [0.15, 0.2) is 67.5 Å². The highest BCUT2D eigenvalue weighted by molar-refractivity contribution is 5.86. The van der Waals surface area contributed by atoms with Crippen LogP contribution in [0.25, 0.3) is 11.6 Å². The van der Waals surface area contributed by atoms with E-state index in [1.165, 1.54) is 5.56 Å². The van der Waals surface area contributed by atoms with E-state index in [0.717, 1.165) is 11.1 Å². The highest BCUT2D eigenvalue weighted by Gasteiger charge is 1.96. The summed E-state index contributed by atoms with van der Waals surface area (Å²) in [4.78, 5) is 4.00. The van der Waals surface area contributed by atoms with Gasteiger partial charge in [-0.1, -0.05) is 43.0 Å². The Balaban J connectivity index is 2.38. The largest absolute Gasteiger partial charge is 0.265 e. The predicted octanol–water partition coefficient (Wildman–Crippen LogP) is 3.81. The lowest BCUT2D eigenvalue weighted by Gasteiger charge is -2.02. The predicted molar refractivity (Wildman–Crippen MR) is 68.7 cm³/mol. The summed E-state index contributed by atoms with van der Waals surface area (Å²) in [6.45, 7) is 3.85. The molecule has 0 aliphatic rings. The second-order valence-corrected chi connectivity index (χ2v) is 3.45. The molecule has 0 saturated heterocycles. The van der Waals surface area contributed by atoms with Crippen LogP contribution in [0.1, 0.15) is 11.1 Å². The molecule has 0 saturated carbocycles. The zero-order valence-corrected chi connectivity index (χ0v) is 9.01. The summed E-state index contributed by atoms with van der Waals surface area (Å²) < 4.78 is 0. The number of pyridine rings is 1. The molecular weight excluding hydrogens is 194 g/mol. The van der Waals surface area contributed by atoms with E-state index in [0.29, 0.717) is 0 Å². The fourth-order valence-corrected chi connectivity index (χ4v) is 1.53. The third-order valence-electron chi connectivity index (χ3n) is 2.36. The molecule has 1 heterocycles. The van der Waals surface area contributed by atoms with E-state index in [4.69, 9.17) is 0 Å². The molecule has 16 heavy (non-hydrogen) atoms. The Labute approximate surface area is 95.8 Å². The van der Waals surface area contributed by atoms with Crippen molar-refractivity contribution in [2.45, 2.75) is 0 Å². The summed E-state index contributed by atoms with van der Waals surface area (Å²) in [7, 11) is 0. The van der Waals surface area contributed by atoms with Crippen molar-refractivity contribution in [1.29, 1.82) is 0 Å². The van der Waals surface area contributed by atoms with Gasteiger partial charge in [-0.3, -0.25) is 4.98 Å². The Morgan fingerprint density at radius 3 is 2.31 bits per heavy atom. The van der Waals surface area contributed by atoms with Gasteiger partial charge < -0.3 is 0 Å². The summed E-state index contributed by atoms with van der Waals surface area (Å²) in [6.07, 6.45) is 7.55. The van der Waals surface area contributed by atoms with Crippen molar-refractivity contribution in [3.63, 3.8) is 0 Å². The summed E-state index contributed by atoms with van der Waals surface area (Å²) in [5.41, 5.74) is 3.43. The van der Waals surface area contributed by atoms with E-state index in [9.17, 15) is 0 Å². The van der Waals surface area contributed by atoms with Crippen LogP contribution in [0.3, 0.4) is 0 Å². The number of allylic oxidation sites excluding steroid dienone is 2. The highest BCUT2D eigenvalue weighted by atomic mass is 14.6. The van der Waals surface area contributed by atoms with Gasteiger partial charge >= 0.3 is 0 Å². The standard InChI is InChI=1S/C15H13N/c1-2-14(15-6-4-3-5-7-15)12-13-8-10-16-11-9-13/h2-12H,1H2. The van der Waals surface area contributed by atoms with Gasteiger partial charge in [0, 0.05) is 12.4 Å². The minimum atomic E-state index is 1.12.